The van der Waals surface area contributed by atoms with Gasteiger partial charge in [-0.2, -0.15) is 0 Å². The highest BCUT2D eigenvalue weighted by molar-refractivity contribution is 5.77. The van der Waals surface area contributed by atoms with Gasteiger partial charge in [-0.05, 0) is 12.8 Å². The predicted octanol–water partition coefficient (Wildman–Crippen LogP) is 0.939. The summed E-state index contributed by atoms with van der Waals surface area (Å²) in [4.78, 5) is 16.8. The molecule has 92 valence electrons. The summed E-state index contributed by atoms with van der Waals surface area (Å²) in [7, 11) is 3.15. The first-order valence-electron chi connectivity index (χ1n) is 5.76. The molecule has 2 rings (SSSR count). The molecule has 0 bridgehead atoms. The number of hydrogen-bond acceptors (Lipinski definition) is 4. The van der Waals surface area contributed by atoms with E-state index in [1.807, 2.05) is 0 Å². The molecule has 0 atom stereocenters. The first-order chi connectivity index (χ1) is 7.67. The maximum Gasteiger partial charge on any atom is 0.248 e. The van der Waals surface area contributed by atoms with E-state index in [4.69, 9.17) is 14.3 Å². The van der Waals surface area contributed by atoms with Crippen molar-refractivity contribution in [1.29, 1.82) is 0 Å². The largest absolute Gasteiger partial charge is 0.348 e. The molecule has 1 saturated heterocycles. The van der Waals surface area contributed by atoms with Crippen molar-refractivity contribution >= 4 is 5.91 Å². The molecule has 1 amide bonds. The number of carbonyl (C=O) groups is 1. The minimum Gasteiger partial charge on any atom is -0.348 e. The topological polar surface area (TPSA) is 48.0 Å². The van der Waals surface area contributed by atoms with Gasteiger partial charge in [0.25, 0.3) is 0 Å². The van der Waals surface area contributed by atoms with Crippen molar-refractivity contribution in [2.24, 2.45) is 5.92 Å². The summed E-state index contributed by atoms with van der Waals surface area (Å²) in [5, 5.41) is 1.30. The molecule has 2 aliphatic rings. The third-order valence-electron chi connectivity index (χ3n) is 3.49. The van der Waals surface area contributed by atoms with Crippen LogP contribution in [0.3, 0.4) is 0 Å². The van der Waals surface area contributed by atoms with Crippen LogP contribution < -0.4 is 0 Å². The maximum absolute atomic E-state index is 11.9. The van der Waals surface area contributed by atoms with E-state index in [1.54, 1.807) is 7.05 Å². The molecule has 0 radical (unpaired) electrons. The van der Waals surface area contributed by atoms with Gasteiger partial charge in [-0.1, -0.05) is 0 Å². The second-order valence-electron chi connectivity index (χ2n) is 4.40. The Labute approximate surface area is 95.6 Å². The standard InChI is InChI=1S/C11H19NO4/c1-12(14-2)10(13)9-3-5-11(6-4-9)15-7-8-16-11/h9H,3-8H2,1-2H3. The van der Waals surface area contributed by atoms with Gasteiger partial charge >= 0.3 is 0 Å². The summed E-state index contributed by atoms with van der Waals surface area (Å²) >= 11 is 0. The zero-order chi connectivity index (χ0) is 11.6. The molecule has 16 heavy (non-hydrogen) atoms. The number of ether oxygens (including phenoxy) is 2. The lowest BCUT2D eigenvalue weighted by Crippen LogP contribution is -2.40. The summed E-state index contributed by atoms with van der Waals surface area (Å²) in [6.45, 7) is 1.35. The van der Waals surface area contributed by atoms with Gasteiger partial charge in [-0.15, -0.1) is 0 Å². The van der Waals surface area contributed by atoms with E-state index in [1.165, 1.54) is 12.2 Å². The highest BCUT2D eigenvalue weighted by Crippen LogP contribution is 2.38. The van der Waals surface area contributed by atoms with Crippen LogP contribution >= 0.6 is 0 Å². The van der Waals surface area contributed by atoms with Crippen LogP contribution in [0.4, 0.5) is 0 Å². The quantitative estimate of drug-likeness (QED) is 0.661. The van der Waals surface area contributed by atoms with Gasteiger partial charge in [-0.25, -0.2) is 5.06 Å². The number of amides is 1. The van der Waals surface area contributed by atoms with E-state index in [2.05, 4.69) is 0 Å². The lowest BCUT2D eigenvalue weighted by Gasteiger charge is -2.35. The normalized spacial score (nSPS) is 24.9. The zero-order valence-electron chi connectivity index (χ0n) is 9.90. The molecule has 1 aliphatic carbocycles. The third-order valence-corrected chi connectivity index (χ3v) is 3.49. The van der Waals surface area contributed by atoms with E-state index in [-0.39, 0.29) is 17.6 Å². The molecule has 0 N–H and O–H groups in total. The van der Waals surface area contributed by atoms with Gasteiger partial charge < -0.3 is 9.47 Å². The number of nitrogens with zero attached hydrogens (tertiary/aromatic N) is 1. The summed E-state index contributed by atoms with van der Waals surface area (Å²) in [5.41, 5.74) is 0. The van der Waals surface area contributed by atoms with Crippen molar-refractivity contribution in [2.45, 2.75) is 31.5 Å². The number of hydrogen-bond donors (Lipinski definition) is 0. The van der Waals surface area contributed by atoms with Crippen molar-refractivity contribution < 1.29 is 19.1 Å². The van der Waals surface area contributed by atoms with Gasteiger partial charge in [-0.3, -0.25) is 9.63 Å². The SMILES string of the molecule is CON(C)C(=O)C1CCC2(CC1)OCCO2. The Morgan fingerprint density at radius 2 is 1.88 bits per heavy atom. The Morgan fingerprint density at radius 3 is 2.38 bits per heavy atom. The Morgan fingerprint density at radius 1 is 1.31 bits per heavy atom. The molecular weight excluding hydrogens is 210 g/mol. The van der Waals surface area contributed by atoms with Crippen LogP contribution in [0.15, 0.2) is 0 Å². The summed E-state index contributed by atoms with van der Waals surface area (Å²) in [5.74, 6) is -0.290. The van der Waals surface area contributed by atoms with Crippen molar-refractivity contribution in [3.8, 4) is 0 Å². The molecule has 0 aromatic rings. The third kappa shape index (κ3) is 2.21. The summed E-state index contributed by atoms with van der Waals surface area (Å²) in [6, 6.07) is 0. The minimum absolute atomic E-state index is 0.0448. The number of hydroxylamine groups is 2. The van der Waals surface area contributed by atoms with Crippen LogP contribution in [-0.4, -0.2) is 44.1 Å². The van der Waals surface area contributed by atoms with Crippen molar-refractivity contribution in [2.75, 3.05) is 27.4 Å². The van der Waals surface area contributed by atoms with Gasteiger partial charge in [0, 0.05) is 25.8 Å². The molecule has 1 spiro atoms. The molecule has 5 nitrogen and oxygen atoms in total. The van der Waals surface area contributed by atoms with E-state index in [9.17, 15) is 4.79 Å². The second-order valence-corrected chi connectivity index (χ2v) is 4.40. The highest BCUT2D eigenvalue weighted by Gasteiger charge is 2.42. The molecule has 1 saturated carbocycles. The molecule has 2 fully saturated rings. The lowest BCUT2D eigenvalue weighted by molar-refractivity contribution is -0.194. The van der Waals surface area contributed by atoms with Gasteiger partial charge in [0.15, 0.2) is 5.79 Å². The van der Waals surface area contributed by atoms with E-state index < -0.39 is 0 Å². The Hall–Kier alpha value is -0.650. The summed E-state index contributed by atoms with van der Waals surface area (Å²) in [6.07, 6.45) is 3.24. The van der Waals surface area contributed by atoms with E-state index >= 15 is 0 Å². The van der Waals surface area contributed by atoms with Crippen LogP contribution in [0.5, 0.6) is 0 Å². The zero-order valence-corrected chi connectivity index (χ0v) is 9.90. The van der Waals surface area contributed by atoms with E-state index in [0.29, 0.717) is 13.2 Å². The van der Waals surface area contributed by atoms with Crippen LogP contribution in [-0.2, 0) is 19.1 Å². The highest BCUT2D eigenvalue weighted by atomic mass is 16.7. The number of rotatable bonds is 2. The average Bonchev–Trinajstić information content (AvgIpc) is 2.77. The van der Waals surface area contributed by atoms with Gasteiger partial charge in [0.2, 0.25) is 5.91 Å². The fraction of sp³-hybridized carbons (Fsp3) is 0.909. The summed E-state index contributed by atoms with van der Waals surface area (Å²) < 4.78 is 11.2. The lowest BCUT2D eigenvalue weighted by atomic mass is 9.84. The fourth-order valence-corrected chi connectivity index (χ4v) is 2.44. The van der Waals surface area contributed by atoms with Crippen LogP contribution in [0.2, 0.25) is 0 Å². The number of carbonyl (C=O) groups excluding carboxylic acids is 1. The van der Waals surface area contributed by atoms with Crippen LogP contribution in [0.25, 0.3) is 0 Å². The Kier molecular flexibility index (Phi) is 3.47. The van der Waals surface area contributed by atoms with Gasteiger partial charge in [0.05, 0.1) is 20.3 Å². The molecule has 0 aromatic heterocycles. The van der Waals surface area contributed by atoms with Crippen molar-refractivity contribution in [1.82, 2.24) is 5.06 Å². The molecular formula is C11H19NO4. The van der Waals surface area contributed by atoms with Crippen LogP contribution in [0, 0.1) is 5.92 Å². The molecule has 5 heteroatoms. The maximum atomic E-state index is 11.9. The van der Waals surface area contributed by atoms with Crippen molar-refractivity contribution in [3.63, 3.8) is 0 Å². The minimum atomic E-state index is -0.386. The predicted molar refractivity (Wildman–Crippen MR) is 56.4 cm³/mol. The smallest absolute Gasteiger partial charge is 0.248 e. The Balaban J connectivity index is 1.87. The first-order valence-corrected chi connectivity index (χ1v) is 5.76. The monoisotopic (exact) mass is 229 g/mol. The average molecular weight is 229 g/mol. The van der Waals surface area contributed by atoms with Crippen LogP contribution in [0.1, 0.15) is 25.7 Å². The first kappa shape index (κ1) is 11.8. The van der Waals surface area contributed by atoms with Crippen molar-refractivity contribution in [3.05, 3.63) is 0 Å². The second kappa shape index (κ2) is 4.69. The molecule has 1 aliphatic heterocycles. The molecule has 1 heterocycles. The Bertz CT molecular complexity index is 253. The fourth-order valence-electron chi connectivity index (χ4n) is 2.44. The van der Waals surface area contributed by atoms with Gasteiger partial charge in [0.1, 0.15) is 0 Å². The van der Waals surface area contributed by atoms with E-state index in [0.717, 1.165) is 25.7 Å². The molecule has 0 unspecified atom stereocenters. The molecule has 0 aromatic carbocycles.